The first-order valence-corrected chi connectivity index (χ1v) is 15.2. The molecule has 0 aliphatic carbocycles. The van der Waals surface area contributed by atoms with Crippen molar-refractivity contribution in [2.75, 3.05) is 0 Å². The van der Waals surface area contributed by atoms with Gasteiger partial charge in [0, 0.05) is 7.14 Å². The topological polar surface area (TPSA) is 0 Å². The van der Waals surface area contributed by atoms with Crippen molar-refractivity contribution in [3.63, 3.8) is 0 Å². The molecule has 0 amide bonds. The molecule has 0 unspecified atom stereocenters. The van der Waals surface area contributed by atoms with E-state index in [1.165, 1.54) is 78.4 Å². The van der Waals surface area contributed by atoms with Crippen molar-refractivity contribution in [2.24, 2.45) is 0 Å². The number of rotatable bonds is 3. The van der Waals surface area contributed by atoms with E-state index in [0.29, 0.717) is 0 Å². The SMILES string of the molecule is Cc1c(-c2cc(-c3ccc4ccccc4c3I)cc(-c3ccc4ccccc4c3I)c2)ccc2ccccc12. The van der Waals surface area contributed by atoms with Crippen LogP contribution in [0.5, 0.6) is 0 Å². The van der Waals surface area contributed by atoms with Crippen LogP contribution < -0.4 is 0 Å². The monoisotopic (exact) mass is 722 g/mol. The van der Waals surface area contributed by atoms with Gasteiger partial charge in [0.1, 0.15) is 0 Å². The van der Waals surface area contributed by atoms with Crippen molar-refractivity contribution < 1.29 is 0 Å². The molecule has 0 atom stereocenters. The minimum absolute atomic E-state index is 1.24. The lowest BCUT2D eigenvalue weighted by Gasteiger charge is -2.17. The number of halogens is 2. The Morgan fingerprint density at radius 2 is 0.744 bits per heavy atom. The molecule has 0 heterocycles. The Morgan fingerprint density at radius 1 is 0.385 bits per heavy atom. The summed E-state index contributed by atoms with van der Waals surface area (Å²) in [6.07, 6.45) is 0. The molecule has 0 spiro atoms. The van der Waals surface area contributed by atoms with Crippen LogP contribution >= 0.6 is 45.2 Å². The maximum atomic E-state index is 2.53. The average Bonchev–Trinajstić information content (AvgIpc) is 2.98. The van der Waals surface area contributed by atoms with Crippen molar-refractivity contribution >= 4 is 77.5 Å². The summed E-state index contributed by atoms with van der Waals surface area (Å²) in [6.45, 7) is 2.25. The van der Waals surface area contributed by atoms with Gasteiger partial charge in [-0.2, -0.15) is 0 Å². The summed E-state index contributed by atoms with van der Waals surface area (Å²) in [6, 6.07) is 46.7. The highest BCUT2D eigenvalue weighted by molar-refractivity contribution is 14.1. The summed E-state index contributed by atoms with van der Waals surface area (Å²) >= 11 is 5.06. The van der Waals surface area contributed by atoms with Crippen LogP contribution in [0, 0.1) is 14.1 Å². The normalized spacial score (nSPS) is 11.5. The van der Waals surface area contributed by atoms with Gasteiger partial charge in [-0.15, -0.1) is 0 Å². The van der Waals surface area contributed by atoms with Gasteiger partial charge in [-0.25, -0.2) is 0 Å². The smallest absolute Gasteiger partial charge is 0.0287 e. The molecule has 0 aliphatic rings. The van der Waals surface area contributed by atoms with Crippen LogP contribution in [0.4, 0.5) is 0 Å². The highest BCUT2D eigenvalue weighted by Crippen LogP contribution is 2.40. The van der Waals surface area contributed by atoms with Crippen molar-refractivity contribution in [1.82, 2.24) is 0 Å². The molecule has 7 aromatic rings. The average molecular weight is 722 g/mol. The lowest BCUT2D eigenvalue weighted by Crippen LogP contribution is -1.92. The second-order valence-electron chi connectivity index (χ2n) is 10.1. The molecule has 0 aromatic heterocycles. The molecule has 7 rings (SSSR count). The fraction of sp³-hybridized carbons (Fsp3) is 0.0270. The molecule has 0 aliphatic heterocycles. The lowest BCUT2D eigenvalue weighted by molar-refractivity contribution is 1.50. The predicted octanol–water partition coefficient (Wildman–Crippen LogP) is 11.7. The summed E-state index contributed by atoms with van der Waals surface area (Å²) < 4.78 is 2.58. The van der Waals surface area contributed by atoms with E-state index in [-0.39, 0.29) is 0 Å². The number of aryl methyl sites for hydroxylation is 1. The van der Waals surface area contributed by atoms with Crippen LogP contribution in [-0.4, -0.2) is 0 Å². The fourth-order valence-corrected chi connectivity index (χ4v) is 7.71. The first-order chi connectivity index (χ1) is 19.1. The Balaban J connectivity index is 1.51. The zero-order valence-corrected chi connectivity index (χ0v) is 25.7. The Morgan fingerprint density at radius 3 is 1.23 bits per heavy atom. The third-order valence-electron chi connectivity index (χ3n) is 7.79. The van der Waals surface area contributed by atoms with Gasteiger partial charge in [0.2, 0.25) is 0 Å². The van der Waals surface area contributed by atoms with Gasteiger partial charge in [-0.05, 0) is 142 Å². The molecule has 0 saturated carbocycles. The van der Waals surface area contributed by atoms with Crippen LogP contribution in [-0.2, 0) is 0 Å². The standard InChI is InChI=1S/C37H24I2/c1-23-30-11-5-2-8-24(30)14-17-31(23)27-20-28(34-18-15-25-9-3-6-12-32(25)36(34)38)22-29(21-27)35-19-16-26-10-4-7-13-33(26)37(35)39/h2-22H,1H3. The van der Waals surface area contributed by atoms with E-state index in [2.05, 4.69) is 179 Å². The van der Waals surface area contributed by atoms with Gasteiger partial charge in [0.25, 0.3) is 0 Å². The summed E-state index contributed by atoms with van der Waals surface area (Å²) in [5, 5.41) is 7.73. The largest absolute Gasteiger partial charge is 0.0616 e. The summed E-state index contributed by atoms with van der Waals surface area (Å²) in [5.41, 5.74) is 8.88. The molecule has 186 valence electrons. The van der Waals surface area contributed by atoms with Crippen LogP contribution in [0.25, 0.3) is 65.7 Å². The Labute approximate surface area is 256 Å². The molecular weight excluding hydrogens is 698 g/mol. The molecule has 0 N–H and O–H groups in total. The van der Waals surface area contributed by atoms with E-state index in [1.54, 1.807) is 0 Å². The minimum Gasteiger partial charge on any atom is -0.0616 e. The maximum absolute atomic E-state index is 2.53. The molecule has 7 aromatic carbocycles. The highest BCUT2D eigenvalue weighted by atomic mass is 127. The minimum atomic E-state index is 1.24. The lowest BCUT2D eigenvalue weighted by atomic mass is 9.89. The Kier molecular flexibility index (Phi) is 6.40. The molecule has 2 heteroatoms. The van der Waals surface area contributed by atoms with E-state index in [9.17, 15) is 0 Å². The van der Waals surface area contributed by atoms with Crippen LogP contribution in [0.15, 0.2) is 127 Å². The maximum Gasteiger partial charge on any atom is 0.0287 e. The van der Waals surface area contributed by atoms with Gasteiger partial charge < -0.3 is 0 Å². The van der Waals surface area contributed by atoms with Gasteiger partial charge >= 0.3 is 0 Å². The second-order valence-corrected chi connectivity index (χ2v) is 12.2. The third-order valence-corrected chi connectivity index (χ3v) is 10.1. The molecule has 39 heavy (non-hydrogen) atoms. The zero-order chi connectivity index (χ0) is 26.5. The second kappa shape index (κ2) is 10.1. The van der Waals surface area contributed by atoms with Crippen LogP contribution in [0.1, 0.15) is 5.56 Å². The van der Waals surface area contributed by atoms with E-state index < -0.39 is 0 Å². The van der Waals surface area contributed by atoms with Gasteiger partial charge in [-0.3, -0.25) is 0 Å². The number of hydrogen-bond acceptors (Lipinski definition) is 0. The van der Waals surface area contributed by atoms with Gasteiger partial charge in [-0.1, -0.05) is 109 Å². The molecule has 0 radical (unpaired) electrons. The van der Waals surface area contributed by atoms with E-state index in [0.717, 1.165) is 0 Å². The van der Waals surface area contributed by atoms with Crippen molar-refractivity contribution in [1.29, 1.82) is 0 Å². The predicted molar refractivity (Wildman–Crippen MR) is 185 cm³/mol. The molecule has 0 nitrogen and oxygen atoms in total. The van der Waals surface area contributed by atoms with Crippen molar-refractivity contribution in [2.45, 2.75) is 6.92 Å². The van der Waals surface area contributed by atoms with Crippen molar-refractivity contribution in [3.8, 4) is 33.4 Å². The zero-order valence-electron chi connectivity index (χ0n) is 21.4. The summed E-state index contributed by atoms with van der Waals surface area (Å²) in [5.74, 6) is 0. The van der Waals surface area contributed by atoms with Gasteiger partial charge in [0.15, 0.2) is 0 Å². The number of hydrogen-bond donors (Lipinski definition) is 0. The van der Waals surface area contributed by atoms with E-state index >= 15 is 0 Å². The van der Waals surface area contributed by atoms with Crippen LogP contribution in [0.3, 0.4) is 0 Å². The number of benzene rings is 7. The first kappa shape index (κ1) is 24.8. The van der Waals surface area contributed by atoms with E-state index in [4.69, 9.17) is 0 Å². The first-order valence-electron chi connectivity index (χ1n) is 13.1. The molecule has 0 bridgehead atoms. The quantitative estimate of drug-likeness (QED) is 0.159. The molecule has 0 saturated heterocycles. The number of fused-ring (bicyclic) bond motifs is 3. The van der Waals surface area contributed by atoms with Crippen molar-refractivity contribution in [3.05, 3.63) is 140 Å². The Bertz CT molecular complexity index is 1800. The summed E-state index contributed by atoms with van der Waals surface area (Å²) in [4.78, 5) is 0. The van der Waals surface area contributed by atoms with Gasteiger partial charge in [0.05, 0.1) is 0 Å². The highest BCUT2D eigenvalue weighted by Gasteiger charge is 2.15. The van der Waals surface area contributed by atoms with Crippen LogP contribution in [0.2, 0.25) is 0 Å². The fourth-order valence-electron chi connectivity index (χ4n) is 5.75. The third kappa shape index (κ3) is 4.34. The summed E-state index contributed by atoms with van der Waals surface area (Å²) in [7, 11) is 0. The molecular formula is C37H24I2. The van der Waals surface area contributed by atoms with E-state index in [1.807, 2.05) is 0 Å². The Hall–Kier alpha value is -3.22. The molecule has 0 fully saturated rings.